The van der Waals surface area contributed by atoms with Gasteiger partial charge in [0.15, 0.2) is 0 Å². The van der Waals surface area contributed by atoms with E-state index in [-0.39, 0.29) is 23.4 Å². The molecule has 1 N–H and O–H groups in total. The van der Waals surface area contributed by atoms with Crippen LogP contribution < -0.4 is 5.32 Å². The Morgan fingerprint density at radius 2 is 2.04 bits per heavy atom. The summed E-state index contributed by atoms with van der Waals surface area (Å²) in [5.74, 6) is -1.67. The van der Waals surface area contributed by atoms with Gasteiger partial charge >= 0.3 is 0 Å². The number of hydrogen-bond donors (Lipinski definition) is 1. The summed E-state index contributed by atoms with van der Waals surface area (Å²) in [4.78, 5) is 17.5. The predicted molar refractivity (Wildman–Crippen MR) is 95.1 cm³/mol. The van der Waals surface area contributed by atoms with Crippen molar-refractivity contribution in [2.75, 3.05) is 0 Å². The van der Waals surface area contributed by atoms with Crippen LogP contribution in [0.5, 0.6) is 0 Å². The third-order valence-corrected chi connectivity index (χ3v) is 6.14. The Bertz CT molecular complexity index is 916. The Morgan fingerprint density at radius 1 is 1.28 bits per heavy atom. The zero-order chi connectivity index (χ0) is 17.6. The molecule has 1 aliphatic carbocycles. The first-order valence-electron chi connectivity index (χ1n) is 7.79. The second kappa shape index (κ2) is 6.31. The maximum absolute atomic E-state index is 13.8. The molecule has 4 rings (SSSR count). The van der Waals surface area contributed by atoms with Crippen molar-refractivity contribution in [3.63, 3.8) is 0 Å². The zero-order valence-corrected chi connectivity index (χ0v) is 14.9. The van der Waals surface area contributed by atoms with Gasteiger partial charge in [0.25, 0.3) is 5.91 Å². The number of thiophene rings is 1. The highest BCUT2D eigenvalue weighted by Crippen LogP contribution is 2.43. The smallest absolute Gasteiger partial charge is 0.263 e. The van der Waals surface area contributed by atoms with Gasteiger partial charge < -0.3 is 5.32 Å². The van der Waals surface area contributed by atoms with Crippen LogP contribution in [0.1, 0.15) is 33.3 Å². The van der Waals surface area contributed by atoms with Gasteiger partial charge in [-0.3, -0.25) is 4.79 Å². The maximum atomic E-state index is 13.8. The fourth-order valence-electron chi connectivity index (χ4n) is 2.89. The Labute approximate surface area is 151 Å². The molecule has 2 heterocycles. The lowest BCUT2D eigenvalue weighted by atomic mass is 10.1. The van der Waals surface area contributed by atoms with Gasteiger partial charge in [-0.2, -0.15) is 11.3 Å². The first-order chi connectivity index (χ1) is 12.0. The molecule has 7 heteroatoms. The number of aryl methyl sites for hydroxylation is 1. The first-order valence-corrected chi connectivity index (χ1v) is 9.55. The van der Waals surface area contributed by atoms with Crippen LogP contribution >= 0.6 is 22.7 Å². The molecule has 2 unspecified atom stereocenters. The van der Waals surface area contributed by atoms with Crippen molar-refractivity contribution in [3.05, 3.63) is 62.8 Å². The summed E-state index contributed by atoms with van der Waals surface area (Å²) in [7, 11) is 0. The summed E-state index contributed by atoms with van der Waals surface area (Å²) in [6, 6.07) is 5.55. The highest BCUT2D eigenvalue weighted by molar-refractivity contribution is 7.17. The number of hydrogen-bond acceptors (Lipinski definition) is 4. The monoisotopic (exact) mass is 376 g/mol. The third kappa shape index (κ3) is 3.09. The van der Waals surface area contributed by atoms with Crippen molar-refractivity contribution >= 4 is 28.6 Å². The Kier molecular flexibility index (Phi) is 4.13. The van der Waals surface area contributed by atoms with E-state index < -0.39 is 11.6 Å². The standard InChI is InChI=1S/C18H14F2N2OS2/c1-9-16(25-18(21-9)10-5-6-24-8-10)17(23)22-14-7-11(14)15-12(19)3-2-4-13(15)20/h2-6,8,11,14H,7H2,1H3,(H,22,23). The van der Waals surface area contributed by atoms with Gasteiger partial charge in [-0.15, -0.1) is 11.3 Å². The van der Waals surface area contributed by atoms with E-state index in [2.05, 4.69) is 10.3 Å². The normalized spacial score (nSPS) is 19.0. The Balaban J connectivity index is 1.49. The molecule has 0 spiro atoms. The van der Waals surface area contributed by atoms with Gasteiger partial charge in [-0.05, 0) is 36.9 Å². The molecule has 1 saturated carbocycles. The van der Waals surface area contributed by atoms with Crippen molar-refractivity contribution in [2.24, 2.45) is 0 Å². The number of carbonyl (C=O) groups is 1. The Morgan fingerprint density at radius 3 is 2.72 bits per heavy atom. The summed E-state index contributed by atoms with van der Waals surface area (Å²) in [6.45, 7) is 1.79. The second-order valence-electron chi connectivity index (χ2n) is 6.00. The molecule has 3 aromatic rings. The van der Waals surface area contributed by atoms with E-state index in [9.17, 15) is 13.6 Å². The van der Waals surface area contributed by atoms with Crippen LogP contribution in [-0.4, -0.2) is 16.9 Å². The van der Waals surface area contributed by atoms with Gasteiger partial charge in [0.05, 0.1) is 5.69 Å². The van der Waals surface area contributed by atoms with Crippen LogP contribution in [0.3, 0.4) is 0 Å². The number of nitrogens with one attached hydrogen (secondary N) is 1. The molecule has 0 aliphatic heterocycles. The lowest BCUT2D eigenvalue weighted by molar-refractivity contribution is 0.0953. The van der Waals surface area contributed by atoms with Crippen molar-refractivity contribution in [3.8, 4) is 10.6 Å². The molecule has 1 aromatic carbocycles. The number of carbonyl (C=O) groups excluding carboxylic acids is 1. The summed E-state index contributed by atoms with van der Waals surface area (Å²) >= 11 is 2.91. The molecule has 2 atom stereocenters. The second-order valence-corrected chi connectivity index (χ2v) is 7.78. The average molecular weight is 376 g/mol. The fraction of sp³-hybridized carbons (Fsp3) is 0.222. The fourth-order valence-corrected chi connectivity index (χ4v) is 4.57. The van der Waals surface area contributed by atoms with E-state index in [1.807, 2.05) is 16.8 Å². The molecule has 25 heavy (non-hydrogen) atoms. The van der Waals surface area contributed by atoms with Gasteiger partial charge in [-0.25, -0.2) is 13.8 Å². The van der Waals surface area contributed by atoms with Crippen LogP contribution in [0.25, 0.3) is 10.6 Å². The van der Waals surface area contributed by atoms with E-state index in [1.54, 1.807) is 18.3 Å². The molecule has 1 amide bonds. The van der Waals surface area contributed by atoms with Crippen molar-refractivity contribution < 1.29 is 13.6 Å². The molecule has 3 nitrogen and oxygen atoms in total. The summed E-state index contributed by atoms with van der Waals surface area (Å²) in [5.41, 5.74) is 1.72. The third-order valence-electron chi connectivity index (χ3n) is 4.25. The van der Waals surface area contributed by atoms with Crippen LogP contribution in [0.15, 0.2) is 35.0 Å². The van der Waals surface area contributed by atoms with Gasteiger partial charge in [-0.1, -0.05) is 6.07 Å². The van der Waals surface area contributed by atoms with Gasteiger partial charge in [0.2, 0.25) is 0 Å². The summed E-state index contributed by atoms with van der Waals surface area (Å²) in [6.07, 6.45) is 0.541. The largest absolute Gasteiger partial charge is 0.348 e. The van der Waals surface area contributed by atoms with E-state index in [0.29, 0.717) is 17.0 Å². The SMILES string of the molecule is Cc1nc(-c2ccsc2)sc1C(=O)NC1CC1c1c(F)cccc1F. The van der Waals surface area contributed by atoms with Gasteiger partial charge in [0, 0.05) is 28.5 Å². The average Bonchev–Trinajstić information content (AvgIpc) is 3.00. The molecule has 1 aliphatic rings. The zero-order valence-electron chi connectivity index (χ0n) is 13.3. The number of amides is 1. The van der Waals surface area contributed by atoms with E-state index in [1.165, 1.54) is 29.5 Å². The highest BCUT2D eigenvalue weighted by atomic mass is 32.1. The number of aromatic nitrogens is 1. The van der Waals surface area contributed by atoms with Crippen LogP contribution in [0.4, 0.5) is 8.78 Å². The topological polar surface area (TPSA) is 42.0 Å². The van der Waals surface area contributed by atoms with E-state index in [4.69, 9.17) is 0 Å². The molecular weight excluding hydrogens is 362 g/mol. The van der Waals surface area contributed by atoms with Crippen LogP contribution in [0, 0.1) is 18.6 Å². The summed E-state index contributed by atoms with van der Waals surface area (Å²) < 4.78 is 27.7. The molecule has 2 aromatic heterocycles. The van der Waals surface area contributed by atoms with Crippen LogP contribution in [-0.2, 0) is 0 Å². The lowest BCUT2D eigenvalue weighted by Crippen LogP contribution is -2.26. The van der Waals surface area contributed by atoms with E-state index >= 15 is 0 Å². The minimum atomic E-state index is -0.560. The Hall–Kier alpha value is -2.12. The van der Waals surface area contributed by atoms with Crippen molar-refractivity contribution in [1.82, 2.24) is 10.3 Å². The number of nitrogens with zero attached hydrogens (tertiary/aromatic N) is 1. The number of benzene rings is 1. The molecule has 1 fully saturated rings. The van der Waals surface area contributed by atoms with E-state index in [0.717, 1.165) is 10.6 Å². The maximum Gasteiger partial charge on any atom is 0.263 e. The minimum Gasteiger partial charge on any atom is -0.348 e. The first kappa shape index (κ1) is 16.4. The minimum absolute atomic E-state index is 0.0628. The van der Waals surface area contributed by atoms with Crippen molar-refractivity contribution in [1.29, 1.82) is 0 Å². The van der Waals surface area contributed by atoms with Gasteiger partial charge in [0.1, 0.15) is 21.5 Å². The predicted octanol–water partition coefficient (Wildman–Crippen LogP) is 4.74. The lowest BCUT2D eigenvalue weighted by Gasteiger charge is -2.06. The van der Waals surface area contributed by atoms with Crippen molar-refractivity contribution in [2.45, 2.75) is 25.3 Å². The molecule has 128 valence electrons. The number of thiazole rings is 1. The molecule has 0 bridgehead atoms. The molecular formula is C18H14F2N2OS2. The molecule has 0 radical (unpaired) electrons. The molecule has 0 saturated heterocycles. The number of halogens is 2. The van der Waals surface area contributed by atoms with Crippen LogP contribution in [0.2, 0.25) is 0 Å². The quantitative estimate of drug-likeness (QED) is 0.714. The highest BCUT2D eigenvalue weighted by Gasteiger charge is 2.43. The number of rotatable bonds is 4. The summed E-state index contributed by atoms with van der Waals surface area (Å²) in [5, 5.41) is 7.62.